The van der Waals surface area contributed by atoms with E-state index in [1.165, 1.54) is 37.4 Å². The zero-order valence-electron chi connectivity index (χ0n) is 11.3. The molecule has 0 fully saturated rings. The van der Waals surface area contributed by atoms with Crippen LogP contribution in [-0.4, -0.2) is 13.0 Å². The van der Waals surface area contributed by atoms with Gasteiger partial charge in [0.15, 0.2) is 11.6 Å². The van der Waals surface area contributed by atoms with Crippen LogP contribution in [0.2, 0.25) is 0 Å². The average Bonchev–Trinajstić information content (AvgIpc) is 2.49. The van der Waals surface area contributed by atoms with Gasteiger partial charge in [-0.05, 0) is 36.4 Å². The average molecular weight is 292 g/mol. The van der Waals surface area contributed by atoms with Gasteiger partial charge in [0.1, 0.15) is 5.82 Å². The lowest BCUT2D eigenvalue weighted by Gasteiger charge is -2.08. The number of amides is 1. The summed E-state index contributed by atoms with van der Waals surface area (Å²) in [6.07, 6.45) is 0. The van der Waals surface area contributed by atoms with Crippen molar-refractivity contribution in [2.75, 3.05) is 12.4 Å². The first-order valence-corrected chi connectivity index (χ1v) is 6.18. The molecule has 0 radical (unpaired) electrons. The lowest BCUT2D eigenvalue weighted by atomic mass is 10.1. The van der Waals surface area contributed by atoms with Gasteiger partial charge in [-0.25, -0.2) is 8.78 Å². The number of anilines is 1. The number of halogens is 2. The predicted octanol–water partition coefficient (Wildman–Crippen LogP) is 2.68. The Bertz CT molecular complexity index is 675. The van der Waals surface area contributed by atoms with Crippen LogP contribution < -0.4 is 15.8 Å². The molecule has 2 aromatic carbocycles. The van der Waals surface area contributed by atoms with Crippen molar-refractivity contribution in [1.82, 2.24) is 0 Å². The largest absolute Gasteiger partial charge is 0.494 e. The molecule has 21 heavy (non-hydrogen) atoms. The number of methoxy groups -OCH3 is 1. The second kappa shape index (κ2) is 6.32. The van der Waals surface area contributed by atoms with Crippen LogP contribution in [0.1, 0.15) is 15.9 Å². The van der Waals surface area contributed by atoms with Crippen LogP contribution in [0.4, 0.5) is 14.5 Å². The Hall–Kier alpha value is -2.47. The molecule has 6 heteroatoms. The summed E-state index contributed by atoms with van der Waals surface area (Å²) in [5.41, 5.74) is 6.20. The van der Waals surface area contributed by atoms with Crippen LogP contribution >= 0.6 is 0 Å². The van der Waals surface area contributed by atoms with E-state index in [9.17, 15) is 13.6 Å². The van der Waals surface area contributed by atoms with Gasteiger partial charge in [-0.1, -0.05) is 0 Å². The minimum absolute atomic E-state index is 0.0205. The molecule has 1 amide bonds. The predicted molar refractivity (Wildman–Crippen MR) is 75.2 cm³/mol. The summed E-state index contributed by atoms with van der Waals surface area (Å²) in [5, 5.41) is 2.56. The monoisotopic (exact) mass is 292 g/mol. The summed E-state index contributed by atoms with van der Waals surface area (Å²) in [6.45, 7) is 0.0205. The van der Waals surface area contributed by atoms with E-state index in [4.69, 9.17) is 10.5 Å². The highest BCUT2D eigenvalue weighted by atomic mass is 19.1. The number of rotatable bonds is 4. The first-order valence-electron chi connectivity index (χ1n) is 6.18. The fourth-order valence-electron chi connectivity index (χ4n) is 1.82. The number of benzene rings is 2. The number of ether oxygens (including phenoxy) is 1. The second-order valence-corrected chi connectivity index (χ2v) is 4.31. The van der Waals surface area contributed by atoms with Gasteiger partial charge < -0.3 is 15.8 Å². The maximum Gasteiger partial charge on any atom is 0.255 e. The Morgan fingerprint density at radius 3 is 2.57 bits per heavy atom. The van der Waals surface area contributed by atoms with Crippen molar-refractivity contribution in [2.45, 2.75) is 6.54 Å². The van der Waals surface area contributed by atoms with E-state index in [2.05, 4.69) is 5.32 Å². The number of carbonyl (C=O) groups excluding carboxylic acids is 1. The van der Waals surface area contributed by atoms with Crippen molar-refractivity contribution in [3.8, 4) is 5.75 Å². The van der Waals surface area contributed by atoms with Gasteiger partial charge in [0, 0.05) is 23.4 Å². The summed E-state index contributed by atoms with van der Waals surface area (Å²) in [7, 11) is 1.34. The molecule has 0 heterocycles. The molecule has 0 bridgehead atoms. The number of carbonyl (C=O) groups is 1. The van der Waals surface area contributed by atoms with E-state index < -0.39 is 17.5 Å². The standard InChI is InChI=1S/C15H14F2N2O2/c1-21-14-5-2-9(7-13(14)17)15(20)19-11-3-4-12(16)10(6-11)8-18/h2-7H,8,18H2,1H3,(H,19,20). The first kappa shape index (κ1) is 14.9. The molecule has 2 aromatic rings. The fraction of sp³-hybridized carbons (Fsp3) is 0.133. The summed E-state index contributed by atoms with van der Waals surface area (Å²) >= 11 is 0. The van der Waals surface area contributed by atoms with Gasteiger partial charge in [-0.15, -0.1) is 0 Å². The van der Waals surface area contributed by atoms with Gasteiger partial charge in [-0.3, -0.25) is 4.79 Å². The summed E-state index contributed by atoms with van der Waals surface area (Å²) in [5.74, 6) is -1.53. The summed E-state index contributed by atoms with van der Waals surface area (Å²) < 4.78 is 31.6. The molecule has 0 aliphatic heterocycles. The van der Waals surface area contributed by atoms with Gasteiger partial charge in [0.2, 0.25) is 0 Å². The van der Waals surface area contributed by atoms with Crippen LogP contribution in [0.15, 0.2) is 36.4 Å². The third-order valence-corrected chi connectivity index (χ3v) is 2.94. The topological polar surface area (TPSA) is 64.3 Å². The highest BCUT2D eigenvalue weighted by Gasteiger charge is 2.11. The van der Waals surface area contributed by atoms with Crippen molar-refractivity contribution in [2.24, 2.45) is 5.73 Å². The fourth-order valence-corrected chi connectivity index (χ4v) is 1.82. The van der Waals surface area contributed by atoms with Crippen LogP contribution in [-0.2, 0) is 6.54 Å². The van der Waals surface area contributed by atoms with Crippen molar-refractivity contribution in [1.29, 1.82) is 0 Å². The van der Waals surface area contributed by atoms with Crippen molar-refractivity contribution < 1.29 is 18.3 Å². The highest BCUT2D eigenvalue weighted by molar-refractivity contribution is 6.04. The molecule has 0 aromatic heterocycles. The molecule has 110 valence electrons. The molecule has 3 N–H and O–H groups in total. The quantitative estimate of drug-likeness (QED) is 0.910. The van der Waals surface area contributed by atoms with Gasteiger partial charge >= 0.3 is 0 Å². The highest BCUT2D eigenvalue weighted by Crippen LogP contribution is 2.19. The number of nitrogens with two attached hydrogens (primary N) is 1. The van der Waals surface area contributed by atoms with Crippen molar-refractivity contribution >= 4 is 11.6 Å². The van der Waals surface area contributed by atoms with Gasteiger partial charge in [0.05, 0.1) is 7.11 Å². The number of hydrogen-bond acceptors (Lipinski definition) is 3. The molecule has 4 nitrogen and oxygen atoms in total. The second-order valence-electron chi connectivity index (χ2n) is 4.31. The van der Waals surface area contributed by atoms with Crippen LogP contribution in [0, 0.1) is 11.6 Å². The molecule has 0 spiro atoms. The summed E-state index contributed by atoms with van der Waals surface area (Å²) in [4.78, 5) is 12.0. The molecular weight excluding hydrogens is 278 g/mol. The van der Waals surface area contributed by atoms with E-state index >= 15 is 0 Å². The maximum absolute atomic E-state index is 13.6. The smallest absolute Gasteiger partial charge is 0.255 e. The molecule has 0 aliphatic rings. The molecular formula is C15H14F2N2O2. The molecule has 0 atom stereocenters. The maximum atomic E-state index is 13.6. The Balaban J connectivity index is 2.19. The number of hydrogen-bond donors (Lipinski definition) is 2. The first-order chi connectivity index (χ1) is 10.0. The molecule has 0 unspecified atom stereocenters. The van der Waals surface area contributed by atoms with Gasteiger partial charge in [0.25, 0.3) is 5.91 Å². The minimum atomic E-state index is -0.632. The SMILES string of the molecule is COc1ccc(C(=O)Nc2ccc(F)c(CN)c2)cc1F. The molecule has 0 aliphatic carbocycles. The van der Waals surface area contributed by atoms with Crippen LogP contribution in [0.25, 0.3) is 0 Å². The van der Waals surface area contributed by atoms with E-state index in [1.807, 2.05) is 0 Å². The zero-order valence-corrected chi connectivity index (χ0v) is 11.3. The molecule has 2 rings (SSSR count). The third kappa shape index (κ3) is 3.35. The Morgan fingerprint density at radius 1 is 1.19 bits per heavy atom. The Kier molecular flexibility index (Phi) is 4.49. The minimum Gasteiger partial charge on any atom is -0.494 e. The van der Waals surface area contributed by atoms with Crippen LogP contribution in [0.3, 0.4) is 0 Å². The van der Waals surface area contributed by atoms with Crippen LogP contribution in [0.5, 0.6) is 5.75 Å². The summed E-state index contributed by atoms with van der Waals surface area (Å²) in [6, 6.07) is 7.93. The lowest BCUT2D eigenvalue weighted by Crippen LogP contribution is -2.13. The van der Waals surface area contributed by atoms with E-state index in [0.29, 0.717) is 5.69 Å². The lowest BCUT2D eigenvalue weighted by molar-refractivity contribution is 0.102. The Labute approximate surface area is 120 Å². The van der Waals surface area contributed by atoms with E-state index in [-0.39, 0.29) is 23.4 Å². The normalized spacial score (nSPS) is 10.3. The van der Waals surface area contributed by atoms with Crippen molar-refractivity contribution in [3.63, 3.8) is 0 Å². The van der Waals surface area contributed by atoms with E-state index in [0.717, 1.165) is 6.07 Å². The number of nitrogens with one attached hydrogen (secondary N) is 1. The van der Waals surface area contributed by atoms with Crippen molar-refractivity contribution in [3.05, 3.63) is 59.2 Å². The zero-order chi connectivity index (χ0) is 15.4. The van der Waals surface area contributed by atoms with E-state index in [1.54, 1.807) is 0 Å². The Morgan fingerprint density at radius 2 is 1.95 bits per heavy atom. The third-order valence-electron chi connectivity index (χ3n) is 2.94. The molecule has 0 saturated carbocycles. The molecule has 0 saturated heterocycles. The van der Waals surface area contributed by atoms with Gasteiger partial charge in [-0.2, -0.15) is 0 Å².